The van der Waals surface area contributed by atoms with Crippen LogP contribution < -0.4 is 0 Å². The number of nitrogens with zero attached hydrogens (tertiary/aromatic N) is 1. The van der Waals surface area contributed by atoms with Crippen molar-refractivity contribution in [2.45, 2.75) is 64.3 Å². The summed E-state index contributed by atoms with van der Waals surface area (Å²) >= 11 is 0. The average Bonchev–Trinajstić information content (AvgIpc) is 3.25. The number of carbonyl (C=O) groups is 1. The molecule has 0 saturated heterocycles. The van der Waals surface area contributed by atoms with E-state index in [0.29, 0.717) is 6.42 Å². The molecule has 1 aromatic heterocycles. The monoisotopic (exact) mass is 466 g/mol. The first kappa shape index (κ1) is 23.4. The Kier molecular flexibility index (Phi) is 6.74. The molecule has 0 saturated carbocycles. The summed E-state index contributed by atoms with van der Waals surface area (Å²) in [5.41, 5.74) is 5.98. The molecular formula is C31H34N2O2. The summed E-state index contributed by atoms with van der Waals surface area (Å²) in [4.78, 5) is 19.9. The maximum absolute atomic E-state index is 13.7. The highest BCUT2D eigenvalue weighted by Gasteiger charge is 2.44. The third-order valence-corrected chi connectivity index (χ3v) is 7.01. The Morgan fingerprint density at radius 1 is 0.943 bits per heavy atom. The lowest BCUT2D eigenvalue weighted by Gasteiger charge is -2.46. The van der Waals surface area contributed by atoms with Crippen molar-refractivity contribution in [1.29, 1.82) is 0 Å². The molecule has 180 valence electrons. The van der Waals surface area contributed by atoms with Gasteiger partial charge in [0, 0.05) is 23.0 Å². The molecule has 0 spiro atoms. The maximum Gasteiger partial charge on any atom is 0.324 e. The molecule has 3 aromatic carbocycles. The van der Waals surface area contributed by atoms with Crippen LogP contribution in [0.4, 0.5) is 0 Å². The number of hydrogen-bond donors (Lipinski definition) is 1. The van der Waals surface area contributed by atoms with E-state index >= 15 is 0 Å². The molecule has 0 aliphatic carbocycles. The molecule has 4 aromatic rings. The normalized spacial score (nSPS) is 18.2. The van der Waals surface area contributed by atoms with Crippen LogP contribution in [0.1, 0.15) is 68.1 Å². The number of aromatic amines is 1. The molecule has 1 aliphatic heterocycles. The van der Waals surface area contributed by atoms with E-state index in [4.69, 9.17) is 4.74 Å². The van der Waals surface area contributed by atoms with E-state index < -0.39 is 0 Å². The van der Waals surface area contributed by atoms with E-state index in [1.54, 1.807) is 0 Å². The Bertz CT molecular complexity index is 1240. The van der Waals surface area contributed by atoms with E-state index in [1.807, 2.05) is 26.0 Å². The molecular weight excluding hydrogens is 432 g/mol. The number of carbonyl (C=O) groups excluding carboxylic acids is 1. The minimum Gasteiger partial charge on any atom is -0.462 e. The van der Waals surface area contributed by atoms with E-state index in [9.17, 15) is 4.79 Å². The fourth-order valence-electron chi connectivity index (χ4n) is 5.64. The van der Waals surface area contributed by atoms with E-state index in [-0.39, 0.29) is 30.2 Å². The lowest BCUT2D eigenvalue weighted by atomic mass is 9.85. The van der Waals surface area contributed by atoms with Crippen molar-refractivity contribution in [3.63, 3.8) is 0 Å². The fraction of sp³-hybridized carbons (Fsp3) is 0.323. The van der Waals surface area contributed by atoms with Gasteiger partial charge in [0.15, 0.2) is 0 Å². The minimum atomic E-state index is -0.383. The number of esters is 1. The molecule has 0 radical (unpaired) electrons. The third-order valence-electron chi connectivity index (χ3n) is 7.01. The number of fused-ring (bicyclic) bond motifs is 3. The molecule has 0 fully saturated rings. The first-order chi connectivity index (χ1) is 17.1. The second-order valence-corrected chi connectivity index (χ2v) is 9.74. The molecule has 2 heterocycles. The highest BCUT2D eigenvalue weighted by molar-refractivity contribution is 5.87. The zero-order chi connectivity index (χ0) is 24.4. The van der Waals surface area contributed by atoms with Gasteiger partial charge in [0.2, 0.25) is 0 Å². The number of hydrogen-bond acceptors (Lipinski definition) is 3. The number of nitrogens with one attached hydrogen (secondary N) is 1. The number of ether oxygens (including phenoxy) is 1. The SMILES string of the molecule is CCC[C@H]1c2[nH]c3ccccc3c2C[C@H](C(=O)OC(C)C)N1C(c1ccccc1)c1ccccc1. The molecule has 0 bridgehead atoms. The quantitative estimate of drug-likeness (QED) is 0.299. The van der Waals surface area contributed by atoms with Crippen LogP contribution in [-0.2, 0) is 16.0 Å². The summed E-state index contributed by atoms with van der Waals surface area (Å²) in [7, 11) is 0. The number of benzene rings is 3. The highest BCUT2D eigenvalue weighted by atomic mass is 16.5. The summed E-state index contributed by atoms with van der Waals surface area (Å²) in [6.45, 7) is 6.08. The summed E-state index contributed by atoms with van der Waals surface area (Å²) in [6, 6.07) is 29.2. The van der Waals surface area contributed by atoms with Crippen LogP contribution in [0.5, 0.6) is 0 Å². The van der Waals surface area contributed by atoms with Gasteiger partial charge in [0.05, 0.1) is 18.2 Å². The van der Waals surface area contributed by atoms with Crippen molar-refractivity contribution in [2.75, 3.05) is 0 Å². The van der Waals surface area contributed by atoms with Crippen molar-refractivity contribution >= 4 is 16.9 Å². The predicted octanol–water partition coefficient (Wildman–Crippen LogP) is 6.98. The summed E-state index contributed by atoms with van der Waals surface area (Å²) in [6.07, 6.45) is 2.42. The third kappa shape index (κ3) is 4.51. The van der Waals surface area contributed by atoms with Crippen molar-refractivity contribution in [3.8, 4) is 0 Å². The number of H-pyrrole nitrogens is 1. The van der Waals surface area contributed by atoms with Crippen LogP contribution >= 0.6 is 0 Å². The van der Waals surface area contributed by atoms with Crippen molar-refractivity contribution in [3.05, 3.63) is 107 Å². The first-order valence-electron chi connectivity index (χ1n) is 12.8. The molecule has 5 rings (SSSR count). The van der Waals surface area contributed by atoms with Crippen molar-refractivity contribution in [1.82, 2.24) is 9.88 Å². The van der Waals surface area contributed by atoms with Gasteiger partial charge in [-0.25, -0.2) is 0 Å². The van der Waals surface area contributed by atoms with Crippen molar-refractivity contribution < 1.29 is 9.53 Å². The van der Waals surface area contributed by atoms with Gasteiger partial charge in [-0.05, 0) is 43.0 Å². The van der Waals surface area contributed by atoms with Crippen LogP contribution in [0, 0.1) is 0 Å². The Morgan fingerprint density at radius 2 is 1.54 bits per heavy atom. The Morgan fingerprint density at radius 3 is 2.14 bits per heavy atom. The van der Waals surface area contributed by atoms with Gasteiger partial charge in [0.1, 0.15) is 6.04 Å². The Balaban J connectivity index is 1.73. The molecule has 4 heteroatoms. The predicted molar refractivity (Wildman–Crippen MR) is 141 cm³/mol. The van der Waals surface area contributed by atoms with Crippen molar-refractivity contribution in [2.24, 2.45) is 0 Å². The minimum absolute atomic E-state index is 0.0614. The van der Waals surface area contributed by atoms with Crippen LogP contribution in [-0.4, -0.2) is 28.0 Å². The largest absolute Gasteiger partial charge is 0.462 e. The van der Waals surface area contributed by atoms with Crippen LogP contribution in [0.3, 0.4) is 0 Å². The second-order valence-electron chi connectivity index (χ2n) is 9.74. The molecule has 1 aliphatic rings. The van der Waals surface area contributed by atoms with Gasteiger partial charge in [-0.1, -0.05) is 92.2 Å². The smallest absolute Gasteiger partial charge is 0.324 e. The van der Waals surface area contributed by atoms with Gasteiger partial charge < -0.3 is 9.72 Å². The summed E-state index contributed by atoms with van der Waals surface area (Å²) < 4.78 is 5.88. The topological polar surface area (TPSA) is 45.3 Å². The number of rotatable bonds is 7. The van der Waals surface area contributed by atoms with Gasteiger partial charge in [0.25, 0.3) is 0 Å². The second kappa shape index (κ2) is 10.1. The lowest BCUT2D eigenvalue weighted by molar-refractivity contribution is -0.157. The summed E-state index contributed by atoms with van der Waals surface area (Å²) in [5.74, 6) is -0.145. The Labute approximate surface area is 207 Å². The standard InChI is InChI=1S/C31H34N2O2/c1-4-13-27-29-25(24-18-11-12-19-26(24)32-29)20-28(31(34)35-21(2)3)33(27)30(22-14-7-5-8-15-22)23-16-9-6-10-17-23/h5-12,14-19,21,27-28,30,32H,4,13,20H2,1-3H3/t27-,28+/m0/s1. The van der Waals surface area contributed by atoms with E-state index in [1.165, 1.54) is 27.8 Å². The fourth-order valence-corrected chi connectivity index (χ4v) is 5.64. The van der Waals surface area contributed by atoms with Crippen LogP contribution in [0.2, 0.25) is 0 Å². The maximum atomic E-state index is 13.7. The average molecular weight is 467 g/mol. The molecule has 0 unspecified atom stereocenters. The van der Waals surface area contributed by atoms with E-state index in [0.717, 1.165) is 18.4 Å². The van der Waals surface area contributed by atoms with Crippen LogP contribution in [0.15, 0.2) is 84.9 Å². The highest BCUT2D eigenvalue weighted by Crippen LogP contribution is 2.46. The zero-order valence-electron chi connectivity index (χ0n) is 20.8. The molecule has 4 nitrogen and oxygen atoms in total. The number of aromatic nitrogens is 1. The van der Waals surface area contributed by atoms with Crippen LogP contribution in [0.25, 0.3) is 10.9 Å². The van der Waals surface area contributed by atoms with Gasteiger partial charge >= 0.3 is 5.97 Å². The van der Waals surface area contributed by atoms with Gasteiger partial charge in [-0.15, -0.1) is 0 Å². The van der Waals surface area contributed by atoms with Gasteiger partial charge in [-0.3, -0.25) is 9.69 Å². The zero-order valence-corrected chi connectivity index (χ0v) is 20.8. The first-order valence-corrected chi connectivity index (χ1v) is 12.8. The lowest BCUT2D eigenvalue weighted by Crippen LogP contribution is -2.51. The molecule has 35 heavy (non-hydrogen) atoms. The molecule has 1 N–H and O–H groups in total. The molecule has 0 amide bonds. The Hall–Kier alpha value is -3.37. The van der Waals surface area contributed by atoms with E-state index in [2.05, 4.69) is 89.6 Å². The summed E-state index contributed by atoms with van der Waals surface area (Å²) in [5, 5.41) is 1.21. The van der Waals surface area contributed by atoms with Gasteiger partial charge in [-0.2, -0.15) is 0 Å². The number of para-hydroxylation sites is 1. The molecule has 2 atom stereocenters.